The van der Waals surface area contributed by atoms with Crippen molar-refractivity contribution in [3.8, 4) is 6.07 Å². The maximum atomic E-state index is 8.90. The fourth-order valence-corrected chi connectivity index (χ4v) is 2.32. The summed E-state index contributed by atoms with van der Waals surface area (Å²) in [5.74, 6) is 0.954. The van der Waals surface area contributed by atoms with Crippen LogP contribution in [0, 0.1) is 28.6 Å². The van der Waals surface area contributed by atoms with E-state index >= 15 is 0 Å². The van der Waals surface area contributed by atoms with Crippen molar-refractivity contribution in [2.24, 2.45) is 17.3 Å². The Bertz CT molecular complexity index is 556. The molecule has 0 aromatic carbocycles. The first-order chi connectivity index (χ1) is 10.2. The Kier molecular flexibility index (Phi) is 6.62. The van der Waals surface area contributed by atoms with Crippen LogP contribution in [0.3, 0.4) is 0 Å². The molecule has 118 valence electrons. The third kappa shape index (κ3) is 6.31. The molecule has 1 heteroatoms. The lowest BCUT2D eigenvalue weighted by atomic mass is 9.83. The zero-order chi connectivity index (χ0) is 16.8. The van der Waals surface area contributed by atoms with E-state index in [0.29, 0.717) is 11.8 Å². The Morgan fingerprint density at radius 3 is 2.41 bits per heavy atom. The van der Waals surface area contributed by atoms with Crippen molar-refractivity contribution in [3.05, 3.63) is 59.8 Å². The first-order valence-corrected chi connectivity index (χ1v) is 8.09. The van der Waals surface area contributed by atoms with Crippen LogP contribution >= 0.6 is 0 Å². The molecule has 0 radical (unpaired) electrons. The first kappa shape index (κ1) is 18.2. The van der Waals surface area contributed by atoms with Gasteiger partial charge in [-0.1, -0.05) is 77.2 Å². The van der Waals surface area contributed by atoms with Crippen molar-refractivity contribution < 1.29 is 0 Å². The number of hydrogen-bond acceptors (Lipinski definition) is 1. The highest BCUT2D eigenvalue weighted by atomic mass is 14.3. The lowest BCUT2D eigenvalue weighted by Crippen LogP contribution is -2.10. The summed E-state index contributed by atoms with van der Waals surface area (Å²) in [6, 6.07) is 2.24. The van der Waals surface area contributed by atoms with Gasteiger partial charge in [-0.25, -0.2) is 0 Å². The van der Waals surface area contributed by atoms with E-state index in [1.807, 2.05) is 6.08 Å². The highest BCUT2D eigenvalue weighted by molar-refractivity contribution is 5.34. The quantitative estimate of drug-likeness (QED) is 0.558. The molecule has 2 atom stereocenters. The van der Waals surface area contributed by atoms with Gasteiger partial charge in [0.15, 0.2) is 0 Å². The summed E-state index contributed by atoms with van der Waals surface area (Å²) in [6.07, 6.45) is 14.6. The number of nitrogens with zero attached hydrogens (tertiary/aromatic N) is 1. The molecule has 0 aliphatic heterocycles. The number of nitriles is 1. The Morgan fingerprint density at radius 2 is 1.91 bits per heavy atom. The number of allylic oxidation sites excluding steroid dienone is 9. The van der Waals surface area contributed by atoms with Crippen molar-refractivity contribution in [1.82, 2.24) is 0 Å². The lowest BCUT2D eigenvalue weighted by molar-refractivity contribution is 0.510. The molecule has 0 heterocycles. The Balaban J connectivity index is 2.63. The molecule has 0 aromatic rings. The summed E-state index contributed by atoms with van der Waals surface area (Å²) in [4.78, 5) is 0. The molecule has 1 aliphatic carbocycles. The first-order valence-electron chi connectivity index (χ1n) is 8.09. The molecule has 1 nitrogen and oxygen atoms in total. The van der Waals surface area contributed by atoms with E-state index in [2.05, 4.69) is 77.6 Å². The molecular weight excluding hydrogens is 266 g/mol. The topological polar surface area (TPSA) is 23.8 Å². The van der Waals surface area contributed by atoms with Crippen LogP contribution in [-0.4, -0.2) is 0 Å². The monoisotopic (exact) mass is 295 g/mol. The molecule has 1 rings (SSSR count). The van der Waals surface area contributed by atoms with Crippen molar-refractivity contribution >= 4 is 0 Å². The van der Waals surface area contributed by atoms with Crippen LogP contribution in [-0.2, 0) is 0 Å². The van der Waals surface area contributed by atoms with Gasteiger partial charge in [-0.15, -0.1) is 0 Å². The summed E-state index contributed by atoms with van der Waals surface area (Å²) in [5.41, 5.74) is 3.55. The predicted octanol–water partition coefficient (Wildman–Crippen LogP) is 6.14. The fraction of sp³-hybridized carbons (Fsp3) is 0.476. The van der Waals surface area contributed by atoms with E-state index in [1.54, 1.807) is 0 Å². The minimum absolute atomic E-state index is 0.188. The molecule has 0 aromatic heterocycles. The summed E-state index contributed by atoms with van der Waals surface area (Å²) in [5, 5.41) is 8.90. The van der Waals surface area contributed by atoms with E-state index in [1.165, 1.54) is 5.57 Å². The molecule has 22 heavy (non-hydrogen) atoms. The Labute approximate surface area is 136 Å². The number of rotatable bonds is 5. The lowest BCUT2D eigenvalue weighted by Gasteiger charge is -2.22. The van der Waals surface area contributed by atoms with E-state index in [9.17, 15) is 0 Å². The van der Waals surface area contributed by atoms with Crippen LogP contribution in [0.1, 0.15) is 47.5 Å². The van der Waals surface area contributed by atoms with Crippen molar-refractivity contribution in [3.63, 3.8) is 0 Å². The van der Waals surface area contributed by atoms with E-state index in [-0.39, 0.29) is 5.41 Å². The molecule has 2 unspecified atom stereocenters. The van der Waals surface area contributed by atoms with Gasteiger partial charge in [0.2, 0.25) is 0 Å². The van der Waals surface area contributed by atoms with E-state index in [4.69, 9.17) is 5.26 Å². The van der Waals surface area contributed by atoms with Gasteiger partial charge in [-0.2, -0.15) is 5.26 Å². The predicted molar refractivity (Wildman–Crippen MR) is 96.2 cm³/mol. The molecule has 0 bridgehead atoms. The Hall–Kier alpha value is -1.81. The largest absolute Gasteiger partial charge is 0.193 e. The maximum absolute atomic E-state index is 8.90. The second-order valence-corrected chi connectivity index (χ2v) is 7.33. The molecule has 0 N–H and O–H groups in total. The van der Waals surface area contributed by atoms with Crippen molar-refractivity contribution in [2.75, 3.05) is 0 Å². The normalized spacial score (nSPS) is 18.7. The summed E-state index contributed by atoms with van der Waals surface area (Å²) in [6.45, 7) is 15.1. The third-order valence-electron chi connectivity index (χ3n) is 4.11. The van der Waals surface area contributed by atoms with Gasteiger partial charge in [0.05, 0.1) is 6.07 Å². The van der Waals surface area contributed by atoms with Crippen molar-refractivity contribution in [1.29, 1.82) is 5.26 Å². The van der Waals surface area contributed by atoms with Crippen LogP contribution in [0.4, 0.5) is 0 Å². The van der Waals surface area contributed by atoms with E-state index < -0.39 is 0 Å². The van der Waals surface area contributed by atoms with Crippen LogP contribution < -0.4 is 0 Å². The van der Waals surface area contributed by atoms with Crippen LogP contribution in [0.2, 0.25) is 0 Å². The highest BCUT2D eigenvalue weighted by Gasteiger charge is 2.16. The molecule has 0 amide bonds. The van der Waals surface area contributed by atoms with Gasteiger partial charge in [0.1, 0.15) is 0 Å². The minimum atomic E-state index is 0.188. The zero-order valence-electron chi connectivity index (χ0n) is 14.7. The second kappa shape index (κ2) is 7.99. The average molecular weight is 295 g/mol. The van der Waals surface area contributed by atoms with Crippen LogP contribution in [0.15, 0.2) is 59.8 Å². The van der Waals surface area contributed by atoms with Gasteiger partial charge in [-0.05, 0) is 41.7 Å². The minimum Gasteiger partial charge on any atom is -0.193 e. The Morgan fingerprint density at radius 1 is 1.23 bits per heavy atom. The van der Waals surface area contributed by atoms with Gasteiger partial charge >= 0.3 is 0 Å². The summed E-state index contributed by atoms with van der Waals surface area (Å²) in [7, 11) is 0. The van der Waals surface area contributed by atoms with Crippen molar-refractivity contribution in [2.45, 2.75) is 47.5 Å². The molecule has 0 saturated carbocycles. The summed E-state index contributed by atoms with van der Waals surface area (Å²) >= 11 is 0. The zero-order valence-corrected chi connectivity index (χ0v) is 14.7. The summed E-state index contributed by atoms with van der Waals surface area (Å²) < 4.78 is 0. The van der Waals surface area contributed by atoms with E-state index in [0.717, 1.165) is 24.0 Å². The SMILES string of the molecule is C=C(/C=C\C(C)C(C)C1=CC=C(C#N)CC1)/C=C\C(C)(C)C. The van der Waals surface area contributed by atoms with Crippen LogP contribution in [0.25, 0.3) is 0 Å². The average Bonchev–Trinajstić information content (AvgIpc) is 2.49. The van der Waals surface area contributed by atoms with Crippen LogP contribution in [0.5, 0.6) is 0 Å². The highest BCUT2D eigenvalue weighted by Crippen LogP contribution is 2.29. The molecular formula is C21H29N. The number of hydrogen-bond donors (Lipinski definition) is 0. The maximum Gasteiger partial charge on any atom is 0.0947 e. The standard InChI is InChI=1S/C21H29N/c1-16(13-14-21(4,5)6)7-8-17(2)18(3)20-11-9-19(15-22)10-12-20/h7-9,11,13-14,17-18H,1,10,12H2,2-6H3/b8-7-,14-13-. The van der Waals surface area contributed by atoms with Gasteiger partial charge in [0.25, 0.3) is 0 Å². The fourth-order valence-electron chi connectivity index (χ4n) is 2.32. The third-order valence-corrected chi connectivity index (χ3v) is 4.11. The van der Waals surface area contributed by atoms with Gasteiger partial charge in [0, 0.05) is 5.57 Å². The smallest absolute Gasteiger partial charge is 0.0947 e. The second-order valence-electron chi connectivity index (χ2n) is 7.33. The van der Waals surface area contributed by atoms with Gasteiger partial charge in [-0.3, -0.25) is 0 Å². The van der Waals surface area contributed by atoms with Gasteiger partial charge < -0.3 is 0 Å². The molecule has 1 aliphatic rings. The molecule has 0 spiro atoms. The molecule has 0 saturated heterocycles. The molecule has 0 fully saturated rings.